The second kappa shape index (κ2) is 9.12. The Labute approximate surface area is 188 Å². The van der Waals surface area contributed by atoms with Crippen LogP contribution in [0.2, 0.25) is 0 Å². The third-order valence-corrected chi connectivity index (χ3v) is 7.15. The van der Waals surface area contributed by atoms with Crippen LogP contribution < -0.4 is 0 Å². The molecule has 1 aromatic carbocycles. The summed E-state index contributed by atoms with van der Waals surface area (Å²) >= 11 is 0. The van der Waals surface area contributed by atoms with Gasteiger partial charge in [-0.15, -0.1) is 0 Å². The molecule has 164 valence electrons. The zero-order valence-corrected chi connectivity index (χ0v) is 18.4. The Kier molecular flexibility index (Phi) is 5.89. The molecule has 0 saturated heterocycles. The third-order valence-electron chi connectivity index (χ3n) is 7.15. The van der Waals surface area contributed by atoms with Gasteiger partial charge in [0, 0.05) is 36.3 Å². The smallest absolute Gasteiger partial charge is 0.254 e. The Bertz CT molecular complexity index is 1120. The van der Waals surface area contributed by atoms with E-state index in [1.807, 2.05) is 42.9 Å². The van der Waals surface area contributed by atoms with Gasteiger partial charge in [0.2, 0.25) is 0 Å². The fourth-order valence-corrected chi connectivity index (χ4v) is 5.47. The van der Waals surface area contributed by atoms with E-state index in [4.69, 9.17) is 0 Å². The minimum atomic E-state index is 0.0762. The monoisotopic (exact) mass is 427 g/mol. The molecule has 6 nitrogen and oxygen atoms in total. The Morgan fingerprint density at radius 3 is 2.62 bits per heavy atom. The molecule has 2 atom stereocenters. The fourth-order valence-electron chi connectivity index (χ4n) is 5.47. The number of pyridine rings is 1. The Morgan fingerprint density at radius 2 is 1.84 bits per heavy atom. The first-order chi connectivity index (χ1) is 15.7. The summed E-state index contributed by atoms with van der Waals surface area (Å²) in [6.45, 7) is 0.690. The second-order valence-corrected chi connectivity index (χ2v) is 9.23. The summed E-state index contributed by atoms with van der Waals surface area (Å²) in [7, 11) is 0. The first kappa shape index (κ1) is 20.7. The molecule has 5 rings (SSSR count). The largest absolute Gasteiger partial charge is 0.333 e. The number of carbonyl (C=O) groups excluding carboxylic acids is 1. The number of rotatable bonds is 5. The molecule has 0 radical (unpaired) electrons. The van der Waals surface area contributed by atoms with Crippen LogP contribution in [0.25, 0.3) is 11.0 Å². The number of imidazole rings is 1. The predicted molar refractivity (Wildman–Crippen MR) is 123 cm³/mol. The van der Waals surface area contributed by atoms with Gasteiger partial charge >= 0.3 is 0 Å². The maximum Gasteiger partial charge on any atom is 0.254 e. The van der Waals surface area contributed by atoms with Gasteiger partial charge in [-0.1, -0.05) is 31.4 Å². The van der Waals surface area contributed by atoms with Crippen molar-refractivity contribution in [2.24, 2.45) is 5.92 Å². The summed E-state index contributed by atoms with van der Waals surface area (Å²) in [5, 5.41) is 9.45. The maximum atomic E-state index is 13.6. The summed E-state index contributed by atoms with van der Waals surface area (Å²) < 4.78 is 2.08. The quantitative estimate of drug-likeness (QED) is 0.578. The summed E-state index contributed by atoms with van der Waals surface area (Å²) in [5.41, 5.74) is 3.81. The highest BCUT2D eigenvalue weighted by molar-refractivity contribution is 5.94. The van der Waals surface area contributed by atoms with Crippen LogP contribution in [0.5, 0.6) is 0 Å². The van der Waals surface area contributed by atoms with Crippen molar-refractivity contribution in [3.8, 4) is 6.07 Å². The van der Waals surface area contributed by atoms with Crippen LogP contribution in [-0.2, 0) is 6.54 Å². The lowest BCUT2D eigenvalue weighted by Crippen LogP contribution is -2.48. The molecular formula is C26H29N5O. The topological polar surface area (TPSA) is 74.8 Å². The van der Waals surface area contributed by atoms with Crippen molar-refractivity contribution in [3.05, 3.63) is 60.2 Å². The number of aromatic nitrogens is 3. The van der Waals surface area contributed by atoms with Gasteiger partial charge in [0.25, 0.3) is 5.91 Å². The highest BCUT2D eigenvalue weighted by Crippen LogP contribution is 2.34. The Balaban J connectivity index is 1.35. The van der Waals surface area contributed by atoms with Crippen LogP contribution in [0.15, 0.2) is 49.1 Å². The van der Waals surface area contributed by atoms with Crippen LogP contribution in [-0.4, -0.2) is 37.4 Å². The molecule has 2 aromatic heterocycles. The molecule has 0 N–H and O–H groups in total. The van der Waals surface area contributed by atoms with Gasteiger partial charge in [0.15, 0.2) is 0 Å². The number of fused-ring (bicyclic) bond motifs is 1. The molecule has 32 heavy (non-hydrogen) atoms. The molecule has 0 spiro atoms. The van der Waals surface area contributed by atoms with Gasteiger partial charge in [0.05, 0.1) is 29.6 Å². The van der Waals surface area contributed by atoms with Gasteiger partial charge < -0.3 is 9.47 Å². The Hall–Kier alpha value is -3.20. The van der Waals surface area contributed by atoms with Crippen LogP contribution in [0.1, 0.15) is 67.3 Å². The predicted octanol–water partition coefficient (Wildman–Crippen LogP) is 4.95. The van der Waals surface area contributed by atoms with E-state index in [1.54, 1.807) is 6.20 Å². The van der Waals surface area contributed by atoms with E-state index in [0.717, 1.165) is 60.7 Å². The first-order valence-corrected chi connectivity index (χ1v) is 11.8. The van der Waals surface area contributed by atoms with Crippen LogP contribution in [0, 0.1) is 17.2 Å². The van der Waals surface area contributed by atoms with Crippen molar-refractivity contribution < 1.29 is 4.79 Å². The molecular weight excluding hydrogens is 398 g/mol. The molecule has 0 aliphatic heterocycles. The minimum absolute atomic E-state index is 0.0762. The van der Waals surface area contributed by atoms with Gasteiger partial charge in [-0.25, -0.2) is 4.98 Å². The maximum absolute atomic E-state index is 13.6. The van der Waals surface area contributed by atoms with Gasteiger partial charge in [-0.05, 0) is 55.9 Å². The average Bonchev–Trinajstić information content (AvgIpc) is 3.51. The summed E-state index contributed by atoms with van der Waals surface area (Å²) in [6.07, 6.45) is 13.8. The van der Waals surface area contributed by atoms with E-state index in [-0.39, 0.29) is 17.9 Å². The number of nitriles is 1. The van der Waals surface area contributed by atoms with Crippen LogP contribution >= 0.6 is 0 Å². The molecule has 0 bridgehead atoms. The normalized spacial score (nSPS) is 21.5. The van der Waals surface area contributed by atoms with Crippen molar-refractivity contribution in [3.63, 3.8) is 0 Å². The molecule has 2 unspecified atom stereocenters. The molecule has 1 amide bonds. The lowest BCUT2D eigenvalue weighted by molar-refractivity contribution is 0.0495. The number of benzene rings is 1. The SMILES string of the molecule is N#CC1CCCC(N(C(=O)c2ccc(Cn3cnc4ccncc43)cc2)C2CCCC2)C1. The molecule has 2 fully saturated rings. The van der Waals surface area contributed by atoms with E-state index >= 15 is 0 Å². The standard InChI is InChI=1S/C26H29N5O/c27-15-20-4-3-7-23(14-20)31(22-5-1-2-6-22)26(32)21-10-8-19(9-11-21)17-30-18-29-24-12-13-28-16-25(24)30/h8-13,16,18,20,22-23H,1-7,14,17H2. The van der Waals surface area contributed by atoms with Crippen molar-refractivity contribution in [1.29, 1.82) is 5.26 Å². The molecule has 2 aliphatic rings. The third kappa shape index (κ3) is 4.12. The summed E-state index contributed by atoms with van der Waals surface area (Å²) in [6, 6.07) is 12.9. The zero-order valence-electron chi connectivity index (χ0n) is 18.4. The number of hydrogen-bond acceptors (Lipinski definition) is 4. The molecule has 2 heterocycles. The van der Waals surface area contributed by atoms with Crippen molar-refractivity contribution >= 4 is 16.9 Å². The number of carbonyl (C=O) groups is 1. The van der Waals surface area contributed by atoms with Gasteiger partial charge in [-0.2, -0.15) is 5.26 Å². The van der Waals surface area contributed by atoms with Crippen LogP contribution in [0.3, 0.4) is 0 Å². The summed E-state index contributed by atoms with van der Waals surface area (Å²) in [4.78, 5) is 24.4. The van der Waals surface area contributed by atoms with Gasteiger partial charge in [0.1, 0.15) is 0 Å². The van der Waals surface area contributed by atoms with E-state index in [9.17, 15) is 10.1 Å². The molecule has 6 heteroatoms. The van der Waals surface area contributed by atoms with E-state index in [1.165, 1.54) is 12.8 Å². The van der Waals surface area contributed by atoms with Crippen molar-refractivity contribution in [2.45, 2.75) is 70.0 Å². The molecule has 2 aliphatic carbocycles. The van der Waals surface area contributed by atoms with Gasteiger partial charge in [-0.3, -0.25) is 9.78 Å². The summed E-state index contributed by atoms with van der Waals surface area (Å²) in [5.74, 6) is 0.205. The minimum Gasteiger partial charge on any atom is -0.333 e. The van der Waals surface area contributed by atoms with E-state index in [2.05, 4.69) is 25.5 Å². The second-order valence-electron chi connectivity index (χ2n) is 9.23. The number of amides is 1. The lowest BCUT2D eigenvalue weighted by atomic mass is 9.85. The Morgan fingerprint density at radius 1 is 1.06 bits per heavy atom. The fraction of sp³-hybridized carbons (Fsp3) is 0.462. The van der Waals surface area contributed by atoms with E-state index in [0.29, 0.717) is 12.6 Å². The van der Waals surface area contributed by atoms with E-state index < -0.39 is 0 Å². The molecule has 3 aromatic rings. The van der Waals surface area contributed by atoms with Crippen LogP contribution in [0.4, 0.5) is 0 Å². The van der Waals surface area contributed by atoms with Crippen molar-refractivity contribution in [2.75, 3.05) is 0 Å². The number of hydrogen-bond donors (Lipinski definition) is 0. The first-order valence-electron chi connectivity index (χ1n) is 11.8. The lowest BCUT2D eigenvalue weighted by Gasteiger charge is -2.40. The van der Waals surface area contributed by atoms with Crippen molar-refractivity contribution in [1.82, 2.24) is 19.4 Å². The zero-order chi connectivity index (χ0) is 21.9. The highest BCUT2D eigenvalue weighted by atomic mass is 16.2. The average molecular weight is 428 g/mol. The number of nitrogens with zero attached hydrogens (tertiary/aromatic N) is 5. The highest BCUT2D eigenvalue weighted by Gasteiger charge is 2.35. The molecule has 2 saturated carbocycles.